The van der Waals surface area contributed by atoms with Gasteiger partial charge in [-0.15, -0.1) is 0 Å². The molecule has 2 nitrogen and oxygen atoms in total. The summed E-state index contributed by atoms with van der Waals surface area (Å²) in [6, 6.07) is 8.38. The third-order valence-electron chi connectivity index (χ3n) is 3.59. The highest BCUT2D eigenvalue weighted by Gasteiger charge is 2.38. The summed E-state index contributed by atoms with van der Waals surface area (Å²) in [5.41, 5.74) is 1.27. The van der Waals surface area contributed by atoms with Gasteiger partial charge in [0.2, 0.25) is 0 Å². The number of hydrogen-bond donors (Lipinski definition) is 0. The van der Waals surface area contributed by atoms with Crippen molar-refractivity contribution in [3.05, 3.63) is 24.3 Å². The number of hydrogen-bond acceptors (Lipinski definition) is 2. The second-order valence-corrected chi connectivity index (χ2v) is 6.53. The number of para-hydroxylation sites is 2. The summed E-state index contributed by atoms with van der Waals surface area (Å²) in [5.74, 6) is 1.02. The maximum absolute atomic E-state index is 6.24. The minimum Gasteiger partial charge on any atom is -0.484 e. The zero-order valence-electron chi connectivity index (χ0n) is 12.3. The Balaban J connectivity index is 2.42. The van der Waals surface area contributed by atoms with E-state index in [4.69, 9.17) is 4.74 Å². The normalized spacial score (nSPS) is 23.5. The van der Waals surface area contributed by atoms with Crippen molar-refractivity contribution in [1.82, 2.24) is 0 Å². The van der Waals surface area contributed by atoms with E-state index in [2.05, 4.69) is 63.8 Å². The van der Waals surface area contributed by atoms with Crippen molar-refractivity contribution in [3.63, 3.8) is 0 Å². The highest BCUT2D eigenvalue weighted by Crippen LogP contribution is 2.41. The summed E-state index contributed by atoms with van der Waals surface area (Å²) in [5, 5.41) is 0. The molecular formula is C16H25NO. The van der Waals surface area contributed by atoms with Crippen LogP contribution in [0.15, 0.2) is 24.3 Å². The molecule has 0 amide bonds. The standard InChI is InChI=1S/C16H25NO/c1-6-11-16(5)12-17(15(2,3)4)13-9-7-8-10-14(13)18-16/h7-10H,6,11-12H2,1-5H3. The van der Waals surface area contributed by atoms with Gasteiger partial charge in [-0.25, -0.2) is 0 Å². The van der Waals surface area contributed by atoms with Crippen LogP contribution in [0.3, 0.4) is 0 Å². The van der Waals surface area contributed by atoms with Crippen molar-refractivity contribution < 1.29 is 4.74 Å². The molecule has 2 heteroatoms. The van der Waals surface area contributed by atoms with Gasteiger partial charge in [0.15, 0.2) is 0 Å². The first-order valence-corrected chi connectivity index (χ1v) is 6.91. The lowest BCUT2D eigenvalue weighted by Gasteiger charge is -2.48. The topological polar surface area (TPSA) is 12.5 Å². The number of rotatable bonds is 2. The van der Waals surface area contributed by atoms with E-state index in [1.165, 1.54) is 5.69 Å². The van der Waals surface area contributed by atoms with Crippen LogP contribution in [0.5, 0.6) is 5.75 Å². The molecule has 1 aliphatic rings. The average Bonchev–Trinajstić information content (AvgIpc) is 2.26. The Morgan fingerprint density at radius 2 is 1.94 bits per heavy atom. The fraction of sp³-hybridized carbons (Fsp3) is 0.625. The lowest BCUT2D eigenvalue weighted by atomic mass is 9.93. The Morgan fingerprint density at radius 1 is 1.28 bits per heavy atom. The Labute approximate surface area is 111 Å². The van der Waals surface area contributed by atoms with Gasteiger partial charge in [0.25, 0.3) is 0 Å². The van der Waals surface area contributed by atoms with Gasteiger partial charge < -0.3 is 9.64 Å². The summed E-state index contributed by atoms with van der Waals surface area (Å²) in [6.07, 6.45) is 2.24. The van der Waals surface area contributed by atoms with Crippen LogP contribution in [0.1, 0.15) is 47.5 Å². The van der Waals surface area contributed by atoms with Gasteiger partial charge in [0.1, 0.15) is 11.4 Å². The van der Waals surface area contributed by atoms with Gasteiger partial charge in [-0.3, -0.25) is 0 Å². The predicted octanol–water partition coefficient (Wildman–Crippen LogP) is 4.24. The van der Waals surface area contributed by atoms with Gasteiger partial charge in [-0.2, -0.15) is 0 Å². The van der Waals surface area contributed by atoms with E-state index < -0.39 is 0 Å². The lowest BCUT2D eigenvalue weighted by molar-refractivity contribution is 0.0688. The quantitative estimate of drug-likeness (QED) is 0.775. The van der Waals surface area contributed by atoms with E-state index in [0.29, 0.717) is 0 Å². The van der Waals surface area contributed by atoms with Crippen molar-refractivity contribution in [2.45, 2.75) is 58.6 Å². The van der Waals surface area contributed by atoms with Crippen LogP contribution in [0, 0.1) is 0 Å². The molecular weight excluding hydrogens is 222 g/mol. The van der Waals surface area contributed by atoms with Crippen LogP contribution in [-0.4, -0.2) is 17.7 Å². The van der Waals surface area contributed by atoms with Gasteiger partial charge in [0, 0.05) is 5.54 Å². The van der Waals surface area contributed by atoms with E-state index in [0.717, 1.165) is 25.1 Å². The van der Waals surface area contributed by atoms with Crippen molar-refractivity contribution in [2.24, 2.45) is 0 Å². The maximum atomic E-state index is 6.24. The van der Waals surface area contributed by atoms with Gasteiger partial charge in [-0.05, 0) is 46.2 Å². The number of benzene rings is 1. The molecule has 0 fully saturated rings. The Bertz CT molecular complexity index is 421. The first-order chi connectivity index (χ1) is 8.36. The second-order valence-electron chi connectivity index (χ2n) is 6.53. The number of nitrogens with zero attached hydrogens (tertiary/aromatic N) is 1. The fourth-order valence-electron chi connectivity index (χ4n) is 2.74. The molecule has 1 unspecified atom stereocenters. The van der Waals surface area contributed by atoms with Crippen LogP contribution in [0.2, 0.25) is 0 Å². The van der Waals surface area contributed by atoms with Crippen LogP contribution < -0.4 is 9.64 Å². The van der Waals surface area contributed by atoms with Crippen molar-refractivity contribution in [1.29, 1.82) is 0 Å². The molecule has 1 aliphatic heterocycles. The molecule has 0 spiro atoms. The van der Waals surface area contributed by atoms with Gasteiger partial charge >= 0.3 is 0 Å². The second kappa shape index (κ2) is 4.49. The smallest absolute Gasteiger partial charge is 0.143 e. The Hall–Kier alpha value is -1.18. The van der Waals surface area contributed by atoms with Crippen LogP contribution in [0.25, 0.3) is 0 Å². The highest BCUT2D eigenvalue weighted by atomic mass is 16.5. The monoisotopic (exact) mass is 247 g/mol. The van der Waals surface area contributed by atoms with Crippen LogP contribution >= 0.6 is 0 Å². The van der Waals surface area contributed by atoms with Crippen LogP contribution in [-0.2, 0) is 0 Å². The van der Waals surface area contributed by atoms with E-state index in [1.807, 2.05) is 0 Å². The molecule has 0 aliphatic carbocycles. The fourth-order valence-corrected chi connectivity index (χ4v) is 2.74. The highest BCUT2D eigenvalue weighted by molar-refractivity contribution is 5.62. The van der Waals surface area contributed by atoms with Crippen LogP contribution in [0.4, 0.5) is 5.69 Å². The molecule has 0 saturated heterocycles. The number of anilines is 1. The zero-order valence-corrected chi connectivity index (χ0v) is 12.3. The molecule has 2 rings (SSSR count). The van der Waals surface area contributed by atoms with Gasteiger partial charge in [0.05, 0.1) is 12.2 Å². The SMILES string of the molecule is CCCC1(C)CN(C(C)(C)C)c2ccccc2O1. The third-order valence-corrected chi connectivity index (χ3v) is 3.59. The lowest BCUT2D eigenvalue weighted by Crippen LogP contribution is -2.55. The molecule has 0 saturated carbocycles. The average molecular weight is 247 g/mol. The molecule has 100 valence electrons. The van der Waals surface area contributed by atoms with Crippen molar-refractivity contribution >= 4 is 5.69 Å². The maximum Gasteiger partial charge on any atom is 0.143 e. The molecule has 18 heavy (non-hydrogen) atoms. The molecule has 0 radical (unpaired) electrons. The summed E-state index contributed by atoms with van der Waals surface area (Å²) in [7, 11) is 0. The molecule has 1 aromatic carbocycles. The molecule has 0 aromatic heterocycles. The van der Waals surface area contributed by atoms with E-state index >= 15 is 0 Å². The Morgan fingerprint density at radius 3 is 2.56 bits per heavy atom. The summed E-state index contributed by atoms with van der Waals surface area (Å²) in [6.45, 7) is 12.2. The first kappa shape index (κ1) is 13.3. The van der Waals surface area contributed by atoms with Gasteiger partial charge in [-0.1, -0.05) is 25.5 Å². The molecule has 1 aromatic rings. The largest absolute Gasteiger partial charge is 0.484 e. The van der Waals surface area contributed by atoms with E-state index in [-0.39, 0.29) is 11.1 Å². The molecule has 1 atom stereocenters. The van der Waals surface area contributed by atoms with E-state index in [1.54, 1.807) is 0 Å². The number of ether oxygens (including phenoxy) is 1. The molecule has 0 bridgehead atoms. The minimum atomic E-state index is -0.0730. The molecule has 0 N–H and O–H groups in total. The predicted molar refractivity (Wildman–Crippen MR) is 77.5 cm³/mol. The van der Waals surface area contributed by atoms with E-state index in [9.17, 15) is 0 Å². The van der Waals surface area contributed by atoms with Crippen molar-refractivity contribution in [2.75, 3.05) is 11.4 Å². The first-order valence-electron chi connectivity index (χ1n) is 6.91. The van der Waals surface area contributed by atoms with Crippen molar-refractivity contribution in [3.8, 4) is 5.75 Å². The summed E-state index contributed by atoms with van der Waals surface area (Å²) < 4.78 is 6.24. The number of fused-ring (bicyclic) bond motifs is 1. The summed E-state index contributed by atoms with van der Waals surface area (Å²) >= 11 is 0. The zero-order chi connectivity index (χ0) is 13.4. The molecule has 1 heterocycles. The third kappa shape index (κ3) is 2.47. The Kier molecular flexibility index (Phi) is 3.31. The summed E-state index contributed by atoms with van der Waals surface area (Å²) in [4.78, 5) is 2.47. The minimum absolute atomic E-state index is 0.0730.